The zero-order chi connectivity index (χ0) is 11.4. The molecule has 0 aliphatic rings. The standard InChI is InChI=1S/C11H11NO3/c1-7-3-5-9(6-4-7)11(14)10(12-15)8(2)13/h3-6,15H,1-2H3. The third kappa shape index (κ3) is 2.49. The highest BCUT2D eigenvalue weighted by atomic mass is 16.4. The summed E-state index contributed by atoms with van der Waals surface area (Å²) in [7, 11) is 0. The third-order valence-corrected chi connectivity index (χ3v) is 1.96. The van der Waals surface area contributed by atoms with E-state index in [0.29, 0.717) is 5.56 Å². The van der Waals surface area contributed by atoms with E-state index in [0.717, 1.165) is 5.56 Å². The Kier molecular flexibility index (Phi) is 3.33. The van der Waals surface area contributed by atoms with Crippen LogP contribution < -0.4 is 0 Å². The summed E-state index contributed by atoms with van der Waals surface area (Å²) < 4.78 is 0. The average molecular weight is 205 g/mol. The Morgan fingerprint density at radius 1 is 1.20 bits per heavy atom. The van der Waals surface area contributed by atoms with Crippen LogP contribution in [0.3, 0.4) is 0 Å². The van der Waals surface area contributed by atoms with E-state index in [4.69, 9.17) is 5.21 Å². The van der Waals surface area contributed by atoms with Crippen LogP contribution in [0.4, 0.5) is 0 Å². The minimum atomic E-state index is -0.565. The molecular weight excluding hydrogens is 194 g/mol. The van der Waals surface area contributed by atoms with Crippen molar-refractivity contribution in [3.05, 3.63) is 35.4 Å². The van der Waals surface area contributed by atoms with Crippen molar-refractivity contribution in [2.24, 2.45) is 5.16 Å². The number of nitrogens with zero attached hydrogens (tertiary/aromatic N) is 1. The van der Waals surface area contributed by atoms with Crippen LogP contribution in [0.1, 0.15) is 22.8 Å². The SMILES string of the molecule is CC(=O)C(=NO)C(=O)c1ccc(C)cc1. The van der Waals surface area contributed by atoms with Crippen LogP contribution in [0.25, 0.3) is 0 Å². The van der Waals surface area contributed by atoms with Crippen molar-refractivity contribution in [2.45, 2.75) is 13.8 Å². The van der Waals surface area contributed by atoms with Crippen molar-refractivity contribution in [3.8, 4) is 0 Å². The van der Waals surface area contributed by atoms with E-state index in [1.807, 2.05) is 6.92 Å². The van der Waals surface area contributed by atoms with Crippen LogP contribution in [-0.2, 0) is 4.79 Å². The van der Waals surface area contributed by atoms with Gasteiger partial charge in [-0.2, -0.15) is 0 Å². The summed E-state index contributed by atoms with van der Waals surface area (Å²) in [5.74, 6) is -1.12. The van der Waals surface area contributed by atoms with E-state index in [-0.39, 0.29) is 0 Å². The average Bonchev–Trinajstić information content (AvgIpc) is 2.19. The summed E-state index contributed by atoms with van der Waals surface area (Å²) in [6.07, 6.45) is 0. The summed E-state index contributed by atoms with van der Waals surface area (Å²) in [4.78, 5) is 22.6. The van der Waals surface area contributed by atoms with Gasteiger partial charge in [0.2, 0.25) is 5.78 Å². The maximum absolute atomic E-state index is 11.6. The molecule has 0 atom stereocenters. The topological polar surface area (TPSA) is 66.7 Å². The first kappa shape index (κ1) is 11.1. The number of ketones is 2. The highest BCUT2D eigenvalue weighted by Crippen LogP contribution is 2.05. The van der Waals surface area contributed by atoms with Crippen LogP contribution >= 0.6 is 0 Å². The third-order valence-electron chi connectivity index (χ3n) is 1.96. The van der Waals surface area contributed by atoms with Gasteiger partial charge in [-0.25, -0.2) is 0 Å². The van der Waals surface area contributed by atoms with Crippen molar-refractivity contribution in [1.82, 2.24) is 0 Å². The minimum absolute atomic E-state index is 0.337. The molecule has 1 aromatic carbocycles. The molecular formula is C11H11NO3. The molecule has 15 heavy (non-hydrogen) atoms. The Morgan fingerprint density at radius 2 is 1.73 bits per heavy atom. The van der Waals surface area contributed by atoms with E-state index in [9.17, 15) is 9.59 Å². The number of oxime groups is 1. The summed E-state index contributed by atoms with van der Waals surface area (Å²) in [6, 6.07) is 6.68. The number of Topliss-reactive ketones (excluding diaryl/α,β-unsaturated/α-hetero) is 2. The zero-order valence-corrected chi connectivity index (χ0v) is 8.52. The molecule has 4 nitrogen and oxygen atoms in total. The lowest BCUT2D eigenvalue weighted by atomic mass is 10.0. The van der Waals surface area contributed by atoms with Gasteiger partial charge >= 0.3 is 0 Å². The monoisotopic (exact) mass is 205 g/mol. The second kappa shape index (κ2) is 4.50. The minimum Gasteiger partial charge on any atom is -0.410 e. The molecule has 1 N–H and O–H groups in total. The number of hydrogen-bond donors (Lipinski definition) is 1. The van der Waals surface area contributed by atoms with Gasteiger partial charge in [-0.1, -0.05) is 35.0 Å². The molecule has 0 bridgehead atoms. The fourth-order valence-electron chi connectivity index (χ4n) is 1.12. The summed E-state index contributed by atoms with van der Waals surface area (Å²) in [6.45, 7) is 3.07. The van der Waals surface area contributed by atoms with Crippen molar-refractivity contribution in [3.63, 3.8) is 0 Å². The molecule has 0 aromatic heterocycles. The van der Waals surface area contributed by atoms with Crippen LogP contribution in [0, 0.1) is 6.92 Å². The Balaban J connectivity index is 3.04. The van der Waals surface area contributed by atoms with Gasteiger partial charge in [0.25, 0.3) is 0 Å². The molecule has 0 saturated carbocycles. The van der Waals surface area contributed by atoms with Crippen LogP contribution in [-0.4, -0.2) is 22.5 Å². The quantitative estimate of drug-likeness (QED) is 0.268. The first-order valence-corrected chi connectivity index (χ1v) is 4.40. The van der Waals surface area contributed by atoms with Crippen molar-refractivity contribution in [2.75, 3.05) is 0 Å². The van der Waals surface area contributed by atoms with E-state index in [1.165, 1.54) is 6.92 Å². The molecule has 0 spiro atoms. The first-order chi connectivity index (χ1) is 7.06. The van der Waals surface area contributed by atoms with E-state index in [2.05, 4.69) is 5.16 Å². The first-order valence-electron chi connectivity index (χ1n) is 4.40. The Morgan fingerprint density at radius 3 is 2.13 bits per heavy atom. The summed E-state index contributed by atoms with van der Waals surface area (Å²) >= 11 is 0. The highest BCUT2D eigenvalue weighted by molar-refractivity contribution is 6.68. The predicted molar refractivity (Wildman–Crippen MR) is 55.4 cm³/mol. The predicted octanol–water partition coefficient (Wildman–Crippen LogP) is 1.60. The fraction of sp³-hybridized carbons (Fsp3) is 0.182. The molecule has 0 aliphatic heterocycles. The lowest BCUT2D eigenvalue weighted by Gasteiger charge is -2.00. The molecule has 0 amide bonds. The molecule has 0 radical (unpaired) electrons. The lowest BCUT2D eigenvalue weighted by molar-refractivity contribution is -0.111. The second-order valence-electron chi connectivity index (χ2n) is 3.20. The molecule has 4 heteroatoms. The molecule has 78 valence electrons. The zero-order valence-electron chi connectivity index (χ0n) is 8.52. The smallest absolute Gasteiger partial charge is 0.218 e. The Bertz CT molecular complexity index is 418. The molecule has 0 heterocycles. The normalized spacial score (nSPS) is 11.2. The molecule has 1 rings (SSSR count). The van der Waals surface area contributed by atoms with Crippen LogP contribution in [0.2, 0.25) is 0 Å². The molecule has 0 aliphatic carbocycles. The lowest BCUT2D eigenvalue weighted by Crippen LogP contribution is -2.22. The van der Waals surface area contributed by atoms with Crippen molar-refractivity contribution < 1.29 is 14.8 Å². The van der Waals surface area contributed by atoms with Crippen LogP contribution in [0.5, 0.6) is 0 Å². The maximum atomic E-state index is 11.6. The van der Waals surface area contributed by atoms with Gasteiger partial charge < -0.3 is 5.21 Å². The van der Waals surface area contributed by atoms with Crippen molar-refractivity contribution in [1.29, 1.82) is 0 Å². The number of carbonyl (C=O) groups excluding carboxylic acids is 2. The second-order valence-corrected chi connectivity index (χ2v) is 3.20. The molecule has 0 fully saturated rings. The van der Waals surface area contributed by atoms with Gasteiger partial charge in [0.1, 0.15) is 0 Å². The molecule has 0 saturated heterocycles. The Labute approximate surface area is 87.2 Å². The fourth-order valence-corrected chi connectivity index (χ4v) is 1.12. The largest absolute Gasteiger partial charge is 0.410 e. The van der Waals surface area contributed by atoms with Gasteiger partial charge in [-0.3, -0.25) is 9.59 Å². The summed E-state index contributed by atoms with van der Waals surface area (Å²) in [5, 5.41) is 11.2. The van der Waals surface area contributed by atoms with Gasteiger partial charge in [0.05, 0.1) is 0 Å². The number of hydrogen-bond acceptors (Lipinski definition) is 4. The van der Waals surface area contributed by atoms with Gasteiger partial charge in [-0.05, 0) is 6.92 Å². The highest BCUT2D eigenvalue weighted by Gasteiger charge is 2.18. The van der Waals surface area contributed by atoms with E-state index < -0.39 is 17.3 Å². The number of benzene rings is 1. The van der Waals surface area contributed by atoms with E-state index in [1.54, 1.807) is 24.3 Å². The van der Waals surface area contributed by atoms with Gasteiger partial charge in [0.15, 0.2) is 11.5 Å². The number of aryl methyl sites for hydroxylation is 1. The maximum Gasteiger partial charge on any atom is 0.218 e. The summed E-state index contributed by atoms with van der Waals surface area (Å²) in [5.41, 5.74) is 0.902. The van der Waals surface area contributed by atoms with Gasteiger partial charge in [-0.15, -0.1) is 0 Å². The van der Waals surface area contributed by atoms with Gasteiger partial charge in [0, 0.05) is 12.5 Å². The van der Waals surface area contributed by atoms with Crippen LogP contribution in [0.15, 0.2) is 29.4 Å². The molecule has 1 aromatic rings. The molecule has 0 unspecified atom stereocenters. The van der Waals surface area contributed by atoms with E-state index >= 15 is 0 Å². The van der Waals surface area contributed by atoms with Crippen molar-refractivity contribution >= 4 is 17.3 Å². The number of rotatable bonds is 3. The number of carbonyl (C=O) groups is 2. The Hall–Kier alpha value is -1.97.